The van der Waals surface area contributed by atoms with Gasteiger partial charge in [0.2, 0.25) is 5.88 Å². The van der Waals surface area contributed by atoms with Crippen LogP contribution in [-0.2, 0) is 24.9 Å². The molecule has 2 saturated heterocycles. The summed E-state index contributed by atoms with van der Waals surface area (Å²) in [6.45, 7) is 4.58. The molecule has 1 aromatic carbocycles. The summed E-state index contributed by atoms with van der Waals surface area (Å²) in [5.41, 5.74) is 4.96. The Morgan fingerprint density at radius 1 is 1.17 bits per heavy atom. The number of rotatable bonds is 3. The first-order valence-corrected chi connectivity index (χ1v) is 14.7. The van der Waals surface area contributed by atoms with Crippen LogP contribution in [0.4, 0.5) is 0 Å². The van der Waals surface area contributed by atoms with Crippen molar-refractivity contribution in [1.82, 2.24) is 34.2 Å². The zero-order chi connectivity index (χ0) is 28.1. The normalized spacial score (nSPS) is 23.9. The summed E-state index contributed by atoms with van der Waals surface area (Å²) in [5, 5.41) is 23.2. The fourth-order valence-electron chi connectivity index (χ4n) is 6.70. The molecule has 11 heteroatoms. The van der Waals surface area contributed by atoms with Crippen molar-refractivity contribution in [1.29, 1.82) is 0 Å². The molecule has 0 spiro atoms. The van der Waals surface area contributed by atoms with Crippen LogP contribution >= 0.6 is 0 Å². The van der Waals surface area contributed by atoms with Crippen molar-refractivity contribution in [2.24, 2.45) is 7.05 Å². The van der Waals surface area contributed by atoms with Gasteiger partial charge in [0.05, 0.1) is 47.4 Å². The van der Waals surface area contributed by atoms with E-state index < -0.39 is 0 Å². The second kappa shape index (κ2) is 10.6. The Morgan fingerprint density at radius 2 is 2.07 bits per heavy atom. The molecule has 6 heterocycles. The Morgan fingerprint density at radius 3 is 2.90 bits per heavy atom. The van der Waals surface area contributed by atoms with Gasteiger partial charge in [0.1, 0.15) is 6.10 Å². The van der Waals surface area contributed by atoms with Gasteiger partial charge in [0, 0.05) is 31.6 Å². The lowest BCUT2D eigenvalue weighted by molar-refractivity contribution is -0.0367. The van der Waals surface area contributed by atoms with Crippen LogP contribution in [0.15, 0.2) is 29.2 Å². The van der Waals surface area contributed by atoms with Crippen LogP contribution in [0, 0.1) is 0 Å². The van der Waals surface area contributed by atoms with Crippen LogP contribution in [0.1, 0.15) is 62.2 Å². The number of aryl methyl sites for hydroxylation is 1. The van der Waals surface area contributed by atoms with E-state index in [0.29, 0.717) is 18.7 Å². The van der Waals surface area contributed by atoms with Crippen LogP contribution in [0.25, 0.3) is 34.2 Å². The van der Waals surface area contributed by atoms with E-state index in [0.717, 1.165) is 84.6 Å². The van der Waals surface area contributed by atoms with Crippen molar-refractivity contribution in [3.63, 3.8) is 0 Å². The number of aliphatic hydroxyl groups excluding tert-OH is 1. The van der Waals surface area contributed by atoms with E-state index in [4.69, 9.17) is 14.6 Å². The third kappa shape index (κ3) is 4.61. The molecule has 0 saturated carbocycles. The summed E-state index contributed by atoms with van der Waals surface area (Å²) in [7, 11) is 1.91. The maximum atomic E-state index is 13.2. The second-order valence-electron chi connectivity index (χ2n) is 11.4. The van der Waals surface area contributed by atoms with Crippen LogP contribution in [0.5, 0.6) is 5.88 Å². The molecular weight excluding hydrogens is 522 g/mol. The third-order valence-corrected chi connectivity index (χ3v) is 8.81. The quantitative estimate of drug-likeness (QED) is 0.395. The molecule has 2 bridgehead atoms. The number of nitrogens with zero attached hydrogens (tertiary/aromatic N) is 6. The molecule has 216 valence electrons. The highest BCUT2D eigenvalue weighted by molar-refractivity contribution is 5.93. The van der Waals surface area contributed by atoms with E-state index in [1.807, 2.05) is 30.1 Å². The second-order valence-corrected chi connectivity index (χ2v) is 11.4. The Balaban J connectivity index is 1.43. The molecule has 2 fully saturated rings. The number of nitrogens with one attached hydrogen (secondary N) is 1. The monoisotopic (exact) mass is 559 g/mol. The van der Waals surface area contributed by atoms with Gasteiger partial charge in [-0.05, 0) is 75.4 Å². The summed E-state index contributed by atoms with van der Waals surface area (Å²) in [6.07, 6.45) is 10.6. The van der Waals surface area contributed by atoms with Gasteiger partial charge in [0.15, 0.2) is 6.23 Å². The summed E-state index contributed by atoms with van der Waals surface area (Å²) < 4.78 is 18.4. The van der Waals surface area contributed by atoms with E-state index in [-0.39, 0.29) is 30.5 Å². The maximum Gasteiger partial charge on any atom is 0.271 e. The molecule has 3 atom stereocenters. The van der Waals surface area contributed by atoms with Crippen molar-refractivity contribution >= 4 is 23.1 Å². The van der Waals surface area contributed by atoms with E-state index >= 15 is 0 Å². The average Bonchev–Trinajstić information content (AvgIpc) is 3.74. The van der Waals surface area contributed by atoms with Gasteiger partial charge >= 0.3 is 0 Å². The van der Waals surface area contributed by atoms with Crippen molar-refractivity contribution in [3.05, 3.63) is 51.7 Å². The minimum absolute atomic E-state index is 0.0633. The first-order chi connectivity index (χ1) is 20.0. The van der Waals surface area contributed by atoms with Gasteiger partial charge in [-0.1, -0.05) is 6.07 Å². The molecule has 3 aromatic heterocycles. The first kappa shape index (κ1) is 26.2. The van der Waals surface area contributed by atoms with Crippen LogP contribution in [0.3, 0.4) is 0 Å². The molecule has 2 unspecified atom stereocenters. The van der Waals surface area contributed by atoms with Gasteiger partial charge in [-0.25, -0.2) is 9.36 Å². The van der Waals surface area contributed by atoms with Crippen LogP contribution in [0.2, 0.25) is 0 Å². The van der Waals surface area contributed by atoms with Gasteiger partial charge in [-0.15, -0.1) is 0 Å². The number of aliphatic hydroxyl groups is 1. The predicted molar refractivity (Wildman–Crippen MR) is 155 cm³/mol. The SMILES string of the molecule is CC1Oc2c(cnn2C)-c2ccc3c(c2)c(nn3C2CCCCO2)/C=C\c2c(n(CCO)[nH]c2=O)CN2CCC[C@H]12. The van der Waals surface area contributed by atoms with Crippen molar-refractivity contribution in [2.75, 3.05) is 19.8 Å². The highest BCUT2D eigenvalue weighted by Gasteiger charge is 2.33. The summed E-state index contributed by atoms with van der Waals surface area (Å²) in [5.74, 6) is 0.734. The third-order valence-electron chi connectivity index (χ3n) is 8.81. The molecule has 0 amide bonds. The molecule has 3 aliphatic heterocycles. The summed E-state index contributed by atoms with van der Waals surface area (Å²) in [4.78, 5) is 15.6. The number of fused-ring (bicyclic) bond motifs is 5. The fraction of sp³-hybridized carbons (Fsp3) is 0.500. The zero-order valence-corrected chi connectivity index (χ0v) is 23.6. The smallest absolute Gasteiger partial charge is 0.271 e. The standard InChI is InChI=1S/C30H37N7O4/c1-19-25-6-5-12-35(25)18-27-21(29(39)33-36(27)13-14-38)9-10-24-22-16-20(23-17-31-34(2)30(23)41-19)8-11-26(22)37(32-24)28-7-3-4-15-40-28/h8-11,16-17,19,25,28,38H,3-7,12-15,18H2,1-2H3,(H,33,39)/b10-9-/t19?,25-,28?/m1/s1. The molecule has 7 rings (SSSR count). The highest BCUT2D eigenvalue weighted by Crippen LogP contribution is 2.37. The largest absolute Gasteiger partial charge is 0.473 e. The number of ether oxygens (including phenoxy) is 2. The lowest BCUT2D eigenvalue weighted by Crippen LogP contribution is -2.41. The van der Waals surface area contributed by atoms with Gasteiger partial charge in [0.25, 0.3) is 5.56 Å². The van der Waals surface area contributed by atoms with E-state index in [2.05, 4.69) is 40.2 Å². The van der Waals surface area contributed by atoms with Gasteiger partial charge in [-0.3, -0.25) is 19.5 Å². The van der Waals surface area contributed by atoms with Crippen LogP contribution < -0.4 is 10.3 Å². The summed E-state index contributed by atoms with van der Waals surface area (Å²) >= 11 is 0. The van der Waals surface area contributed by atoms with Gasteiger partial charge < -0.3 is 14.6 Å². The number of hydrogen-bond acceptors (Lipinski definition) is 7. The number of aromatic nitrogens is 6. The number of aromatic amines is 1. The van der Waals surface area contributed by atoms with Gasteiger partial charge in [-0.2, -0.15) is 10.2 Å². The number of hydrogen-bond donors (Lipinski definition) is 2. The Labute approximate surface area is 237 Å². The zero-order valence-electron chi connectivity index (χ0n) is 23.6. The summed E-state index contributed by atoms with van der Waals surface area (Å²) in [6, 6.07) is 6.51. The molecule has 4 aromatic rings. The maximum absolute atomic E-state index is 13.2. The fourth-order valence-corrected chi connectivity index (χ4v) is 6.70. The molecule has 3 aliphatic rings. The molecule has 0 aliphatic carbocycles. The van der Waals surface area contributed by atoms with Crippen molar-refractivity contribution in [3.8, 4) is 17.0 Å². The first-order valence-electron chi connectivity index (χ1n) is 14.7. The Kier molecular flexibility index (Phi) is 6.80. The highest BCUT2D eigenvalue weighted by atomic mass is 16.5. The molecular formula is C30H37N7O4. The number of benzene rings is 1. The topological polar surface area (TPSA) is 115 Å². The lowest BCUT2D eigenvalue weighted by Gasteiger charge is -2.30. The Hall–Kier alpha value is -3.67. The van der Waals surface area contributed by atoms with E-state index in [1.54, 1.807) is 9.36 Å². The minimum Gasteiger partial charge on any atom is -0.473 e. The van der Waals surface area contributed by atoms with E-state index in [1.165, 1.54) is 0 Å². The van der Waals surface area contributed by atoms with Crippen LogP contribution in [-0.4, -0.2) is 71.3 Å². The minimum atomic E-state index is -0.174. The predicted octanol–water partition coefficient (Wildman–Crippen LogP) is 3.53. The Bertz CT molecular complexity index is 1650. The number of H-pyrrole nitrogens is 1. The average molecular weight is 560 g/mol. The van der Waals surface area contributed by atoms with Crippen molar-refractivity contribution in [2.45, 2.75) is 70.5 Å². The van der Waals surface area contributed by atoms with E-state index in [9.17, 15) is 9.90 Å². The van der Waals surface area contributed by atoms with Crippen molar-refractivity contribution < 1.29 is 14.6 Å². The molecule has 41 heavy (non-hydrogen) atoms. The molecule has 0 radical (unpaired) electrons. The molecule has 11 nitrogen and oxygen atoms in total. The molecule has 2 N–H and O–H groups in total. The lowest BCUT2D eigenvalue weighted by atomic mass is 10.0.